The van der Waals surface area contributed by atoms with E-state index < -0.39 is 5.60 Å². The van der Waals surface area contributed by atoms with E-state index in [9.17, 15) is 5.11 Å². The van der Waals surface area contributed by atoms with Crippen molar-refractivity contribution in [3.8, 4) is 0 Å². The van der Waals surface area contributed by atoms with Crippen LogP contribution in [0.2, 0.25) is 0 Å². The van der Waals surface area contributed by atoms with Gasteiger partial charge in [-0.1, -0.05) is 20.8 Å². The third-order valence-corrected chi connectivity index (χ3v) is 3.59. The smallest absolute Gasteiger partial charge is 0.0875 e. The summed E-state index contributed by atoms with van der Waals surface area (Å²) < 4.78 is 5.81. The second-order valence-corrected chi connectivity index (χ2v) is 5.33. The number of aliphatic hydroxyl groups is 1. The lowest BCUT2D eigenvalue weighted by Crippen LogP contribution is -2.45. The third-order valence-electron chi connectivity index (χ3n) is 3.59. The molecular formula is C12H25NO2. The van der Waals surface area contributed by atoms with Crippen LogP contribution in [0.5, 0.6) is 0 Å². The zero-order chi connectivity index (χ0) is 11.5. The summed E-state index contributed by atoms with van der Waals surface area (Å²) in [5, 5.41) is 13.4. The highest BCUT2D eigenvalue weighted by molar-refractivity contribution is 4.80. The van der Waals surface area contributed by atoms with Crippen LogP contribution in [0.1, 0.15) is 34.1 Å². The Kier molecular flexibility index (Phi) is 4.56. The van der Waals surface area contributed by atoms with E-state index in [1.54, 1.807) is 0 Å². The van der Waals surface area contributed by atoms with Gasteiger partial charge in [0.15, 0.2) is 0 Å². The van der Waals surface area contributed by atoms with E-state index in [0.717, 1.165) is 19.5 Å². The quantitative estimate of drug-likeness (QED) is 0.745. The van der Waals surface area contributed by atoms with Crippen molar-refractivity contribution < 1.29 is 9.84 Å². The fourth-order valence-corrected chi connectivity index (χ4v) is 1.63. The molecule has 3 atom stereocenters. The summed E-state index contributed by atoms with van der Waals surface area (Å²) in [6, 6.07) is 0. The third kappa shape index (κ3) is 3.74. The van der Waals surface area contributed by atoms with Gasteiger partial charge in [0.1, 0.15) is 0 Å². The van der Waals surface area contributed by atoms with E-state index in [1.165, 1.54) is 0 Å². The zero-order valence-corrected chi connectivity index (χ0v) is 10.4. The Morgan fingerprint density at radius 1 is 1.53 bits per heavy atom. The van der Waals surface area contributed by atoms with Crippen LogP contribution in [-0.2, 0) is 4.74 Å². The lowest BCUT2D eigenvalue weighted by atomic mass is 9.93. The Balaban J connectivity index is 2.35. The minimum Gasteiger partial charge on any atom is -0.388 e. The minimum atomic E-state index is -0.711. The molecule has 2 N–H and O–H groups in total. The summed E-state index contributed by atoms with van der Waals surface area (Å²) in [7, 11) is 0. The lowest BCUT2D eigenvalue weighted by molar-refractivity contribution is -0.101. The highest BCUT2D eigenvalue weighted by Crippen LogP contribution is 2.20. The number of piperidine rings is 1. The van der Waals surface area contributed by atoms with Gasteiger partial charge in [0, 0.05) is 6.54 Å². The summed E-state index contributed by atoms with van der Waals surface area (Å²) >= 11 is 0. The maximum Gasteiger partial charge on any atom is 0.0875 e. The van der Waals surface area contributed by atoms with Gasteiger partial charge in [-0.25, -0.2) is 0 Å². The van der Waals surface area contributed by atoms with Crippen molar-refractivity contribution >= 4 is 0 Å². The molecular weight excluding hydrogens is 190 g/mol. The lowest BCUT2D eigenvalue weighted by Gasteiger charge is -2.34. The van der Waals surface area contributed by atoms with E-state index in [-0.39, 0.29) is 12.0 Å². The van der Waals surface area contributed by atoms with Crippen LogP contribution in [0, 0.1) is 11.8 Å². The Hall–Kier alpha value is -0.120. The summed E-state index contributed by atoms with van der Waals surface area (Å²) in [5.41, 5.74) is -0.711. The number of hydrogen-bond donors (Lipinski definition) is 2. The molecule has 1 saturated heterocycles. The largest absolute Gasteiger partial charge is 0.388 e. The molecule has 0 spiro atoms. The molecule has 0 aromatic heterocycles. The molecule has 1 fully saturated rings. The molecule has 0 bridgehead atoms. The first-order valence-corrected chi connectivity index (χ1v) is 5.98. The average molecular weight is 215 g/mol. The van der Waals surface area contributed by atoms with Crippen LogP contribution in [0.25, 0.3) is 0 Å². The van der Waals surface area contributed by atoms with Gasteiger partial charge in [-0.05, 0) is 31.7 Å². The molecule has 3 nitrogen and oxygen atoms in total. The van der Waals surface area contributed by atoms with Gasteiger partial charge < -0.3 is 15.2 Å². The van der Waals surface area contributed by atoms with Crippen molar-refractivity contribution in [2.24, 2.45) is 11.8 Å². The summed E-state index contributed by atoms with van der Waals surface area (Å²) in [6.45, 7) is 10.5. The first-order valence-electron chi connectivity index (χ1n) is 5.98. The molecule has 3 unspecified atom stereocenters. The molecule has 90 valence electrons. The Morgan fingerprint density at radius 2 is 2.20 bits per heavy atom. The van der Waals surface area contributed by atoms with Crippen LogP contribution in [0.15, 0.2) is 0 Å². The van der Waals surface area contributed by atoms with Gasteiger partial charge >= 0.3 is 0 Å². The maximum atomic E-state index is 10.1. The molecule has 0 amide bonds. The normalized spacial score (nSPS) is 31.6. The summed E-state index contributed by atoms with van der Waals surface area (Å²) in [6.07, 6.45) is 1.41. The second-order valence-electron chi connectivity index (χ2n) is 5.33. The predicted molar refractivity (Wildman–Crippen MR) is 61.9 cm³/mol. The highest BCUT2D eigenvalue weighted by atomic mass is 16.5. The van der Waals surface area contributed by atoms with Crippen LogP contribution in [0.4, 0.5) is 0 Å². The average Bonchev–Trinajstić information content (AvgIpc) is 2.16. The van der Waals surface area contributed by atoms with Crippen LogP contribution < -0.4 is 5.32 Å². The van der Waals surface area contributed by atoms with Crippen LogP contribution in [0.3, 0.4) is 0 Å². The summed E-state index contributed by atoms with van der Waals surface area (Å²) in [5.74, 6) is 0.818. The standard InChI is InChI=1S/C12H25NO2/c1-9(2)12(4,14)8-15-11-7-13-6-5-10(11)3/h9-11,13-14H,5-8H2,1-4H3. The van der Waals surface area contributed by atoms with E-state index >= 15 is 0 Å². The molecule has 0 saturated carbocycles. The van der Waals surface area contributed by atoms with Crippen molar-refractivity contribution in [2.75, 3.05) is 19.7 Å². The van der Waals surface area contributed by atoms with Crippen molar-refractivity contribution in [1.82, 2.24) is 5.32 Å². The van der Waals surface area contributed by atoms with Crippen molar-refractivity contribution in [1.29, 1.82) is 0 Å². The fraction of sp³-hybridized carbons (Fsp3) is 1.00. The van der Waals surface area contributed by atoms with E-state index in [2.05, 4.69) is 12.2 Å². The first-order chi connectivity index (χ1) is 6.93. The highest BCUT2D eigenvalue weighted by Gasteiger charge is 2.29. The molecule has 0 aromatic rings. The molecule has 0 radical (unpaired) electrons. The molecule has 1 rings (SSSR count). The Morgan fingerprint density at radius 3 is 2.73 bits per heavy atom. The van der Waals surface area contributed by atoms with Crippen molar-refractivity contribution in [3.05, 3.63) is 0 Å². The van der Waals surface area contributed by atoms with Crippen LogP contribution >= 0.6 is 0 Å². The molecule has 1 aliphatic rings. The second kappa shape index (κ2) is 5.28. The SMILES string of the molecule is CC1CCNCC1OCC(C)(O)C(C)C. The van der Waals surface area contributed by atoms with Gasteiger partial charge in [-0.15, -0.1) is 0 Å². The Labute approximate surface area is 93.2 Å². The monoisotopic (exact) mass is 215 g/mol. The first kappa shape index (κ1) is 12.9. The molecule has 1 heterocycles. The topological polar surface area (TPSA) is 41.5 Å². The van der Waals surface area contributed by atoms with Gasteiger partial charge in [-0.3, -0.25) is 0 Å². The molecule has 1 aliphatic heterocycles. The minimum absolute atomic E-state index is 0.226. The predicted octanol–water partition coefficient (Wildman–Crippen LogP) is 1.41. The number of rotatable bonds is 4. The van der Waals surface area contributed by atoms with E-state index in [4.69, 9.17) is 4.74 Å². The van der Waals surface area contributed by atoms with Crippen molar-refractivity contribution in [2.45, 2.75) is 45.8 Å². The molecule has 0 aromatic carbocycles. The zero-order valence-electron chi connectivity index (χ0n) is 10.4. The van der Waals surface area contributed by atoms with Gasteiger partial charge in [0.05, 0.1) is 18.3 Å². The maximum absolute atomic E-state index is 10.1. The van der Waals surface area contributed by atoms with Crippen LogP contribution in [-0.4, -0.2) is 36.5 Å². The molecule has 15 heavy (non-hydrogen) atoms. The fourth-order valence-electron chi connectivity index (χ4n) is 1.63. The number of nitrogens with one attached hydrogen (secondary N) is 1. The molecule has 0 aliphatic carbocycles. The van der Waals surface area contributed by atoms with Gasteiger partial charge in [0.25, 0.3) is 0 Å². The number of hydrogen-bond acceptors (Lipinski definition) is 3. The molecule has 3 heteroatoms. The van der Waals surface area contributed by atoms with E-state index in [0.29, 0.717) is 12.5 Å². The number of ether oxygens (including phenoxy) is 1. The summed E-state index contributed by atoms with van der Waals surface area (Å²) in [4.78, 5) is 0. The van der Waals surface area contributed by atoms with E-state index in [1.807, 2.05) is 20.8 Å². The van der Waals surface area contributed by atoms with Gasteiger partial charge in [0.2, 0.25) is 0 Å². The van der Waals surface area contributed by atoms with Gasteiger partial charge in [-0.2, -0.15) is 0 Å². The van der Waals surface area contributed by atoms with Crippen molar-refractivity contribution in [3.63, 3.8) is 0 Å². The Bertz CT molecular complexity index is 192.